The van der Waals surface area contributed by atoms with E-state index in [9.17, 15) is 8.42 Å². The first-order valence-corrected chi connectivity index (χ1v) is 9.85. The third-order valence-corrected chi connectivity index (χ3v) is 5.55. The number of aromatic nitrogens is 2. The van der Waals surface area contributed by atoms with Crippen LogP contribution in [-0.2, 0) is 14.8 Å². The molecular formula is C17H23N3O3S. The first kappa shape index (κ1) is 17.0. The molecule has 0 saturated carbocycles. The van der Waals surface area contributed by atoms with Crippen molar-refractivity contribution in [3.63, 3.8) is 0 Å². The second-order valence-corrected chi connectivity index (χ2v) is 7.93. The molecule has 2 aromatic rings. The van der Waals surface area contributed by atoms with Crippen LogP contribution in [0.4, 0.5) is 5.69 Å². The van der Waals surface area contributed by atoms with Crippen LogP contribution in [0, 0.1) is 13.8 Å². The predicted molar refractivity (Wildman–Crippen MR) is 94.0 cm³/mol. The monoisotopic (exact) mass is 349 g/mol. The third-order valence-electron chi connectivity index (χ3n) is 4.23. The van der Waals surface area contributed by atoms with Gasteiger partial charge in [0.15, 0.2) is 0 Å². The summed E-state index contributed by atoms with van der Waals surface area (Å²) >= 11 is 0. The molecule has 24 heavy (non-hydrogen) atoms. The fourth-order valence-electron chi connectivity index (χ4n) is 2.99. The van der Waals surface area contributed by atoms with Crippen molar-refractivity contribution >= 4 is 15.7 Å². The summed E-state index contributed by atoms with van der Waals surface area (Å²) in [5.74, 6) is -0.0115. The lowest BCUT2D eigenvalue weighted by molar-refractivity contribution is 0.0306. The van der Waals surface area contributed by atoms with Gasteiger partial charge in [-0.25, -0.2) is 13.1 Å². The van der Waals surface area contributed by atoms with Crippen molar-refractivity contribution in [1.82, 2.24) is 9.78 Å². The van der Waals surface area contributed by atoms with Gasteiger partial charge in [0.2, 0.25) is 10.0 Å². The van der Waals surface area contributed by atoms with Crippen LogP contribution in [0.1, 0.15) is 30.7 Å². The van der Waals surface area contributed by atoms with Crippen molar-refractivity contribution in [2.75, 3.05) is 17.1 Å². The maximum absolute atomic E-state index is 12.5. The number of aryl methyl sites for hydroxylation is 1. The second-order valence-electron chi connectivity index (χ2n) is 6.17. The van der Waals surface area contributed by atoms with E-state index in [0.29, 0.717) is 18.0 Å². The third kappa shape index (κ3) is 3.79. The Morgan fingerprint density at radius 2 is 2.00 bits per heavy atom. The summed E-state index contributed by atoms with van der Waals surface area (Å²) in [5.41, 5.74) is 2.88. The van der Waals surface area contributed by atoms with Gasteiger partial charge < -0.3 is 4.74 Å². The van der Waals surface area contributed by atoms with E-state index in [1.54, 1.807) is 11.6 Å². The highest BCUT2D eigenvalue weighted by Gasteiger charge is 2.24. The molecule has 130 valence electrons. The number of ether oxygens (including phenoxy) is 1. The Kier molecular flexibility index (Phi) is 4.91. The van der Waals surface area contributed by atoms with Crippen LogP contribution in [0.5, 0.6) is 0 Å². The molecule has 0 amide bonds. The molecule has 1 saturated heterocycles. The highest BCUT2D eigenvalue weighted by Crippen LogP contribution is 2.24. The van der Waals surface area contributed by atoms with Crippen LogP contribution >= 0.6 is 0 Å². The van der Waals surface area contributed by atoms with Crippen LogP contribution in [0.15, 0.2) is 30.3 Å². The van der Waals surface area contributed by atoms with Gasteiger partial charge in [-0.05, 0) is 45.2 Å². The summed E-state index contributed by atoms with van der Waals surface area (Å²) in [6.07, 6.45) is 2.60. The van der Waals surface area contributed by atoms with Crippen molar-refractivity contribution in [1.29, 1.82) is 0 Å². The van der Waals surface area contributed by atoms with Crippen LogP contribution < -0.4 is 4.72 Å². The summed E-state index contributed by atoms with van der Waals surface area (Å²) in [4.78, 5) is 0. The van der Waals surface area contributed by atoms with E-state index in [1.165, 1.54) is 0 Å². The molecule has 0 bridgehead atoms. The van der Waals surface area contributed by atoms with Crippen molar-refractivity contribution in [3.05, 3.63) is 41.7 Å². The normalized spacial score (nSPS) is 18.5. The largest absolute Gasteiger partial charge is 0.377 e. The second kappa shape index (κ2) is 6.94. The van der Waals surface area contributed by atoms with E-state index in [0.717, 1.165) is 30.6 Å². The zero-order valence-corrected chi connectivity index (χ0v) is 14.8. The van der Waals surface area contributed by atoms with Gasteiger partial charge in [0, 0.05) is 6.61 Å². The zero-order chi connectivity index (χ0) is 17.2. The fraction of sp³-hybridized carbons (Fsp3) is 0.471. The number of sulfonamides is 1. The molecular weight excluding hydrogens is 326 g/mol. The molecule has 1 fully saturated rings. The van der Waals surface area contributed by atoms with Crippen molar-refractivity contribution < 1.29 is 13.2 Å². The smallest absolute Gasteiger partial charge is 0.235 e. The van der Waals surface area contributed by atoms with Gasteiger partial charge in [0.1, 0.15) is 0 Å². The summed E-state index contributed by atoms with van der Waals surface area (Å²) in [7, 11) is -3.48. The molecule has 2 heterocycles. The SMILES string of the molecule is Cc1nn(-c2ccccc2)c(C)c1NS(=O)(=O)CC1CCCCO1. The van der Waals surface area contributed by atoms with Crippen molar-refractivity contribution in [2.24, 2.45) is 0 Å². The molecule has 3 rings (SSSR count). The average Bonchev–Trinajstić information content (AvgIpc) is 2.84. The first-order valence-electron chi connectivity index (χ1n) is 8.20. The Morgan fingerprint density at radius 1 is 1.25 bits per heavy atom. The highest BCUT2D eigenvalue weighted by molar-refractivity contribution is 7.92. The number of nitrogens with one attached hydrogen (secondary N) is 1. The topological polar surface area (TPSA) is 73.2 Å². The van der Waals surface area contributed by atoms with Crippen LogP contribution in [0.25, 0.3) is 5.69 Å². The van der Waals surface area contributed by atoms with Gasteiger partial charge in [0.25, 0.3) is 0 Å². The summed E-state index contributed by atoms with van der Waals surface area (Å²) in [5, 5.41) is 4.47. The Bertz CT molecular complexity index is 794. The molecule has 0 aliphatic carbocycles. The first-order chi connectivity index (χ1) is 11.5. The minimum atomic E-state index is -3.48. The number of rotatable bonds is 5. The van der Waals surface area contributed by atoms with Gasteiger partial charge in [0.05, 0.1) is 34.6 Å². The minimum absolute atomic E-state index is 0.0115. The van der Waals surface area contributed by atoms with Crippen molar-refractivity contribution in [2.45, 2.75) is 39.2 Å². The summed E-state index contributed by atoms with van der Waals surface area (Å²) in [6.45, 7) is 4.31. The molecule has 1 atom stereocenters. The van der Waals surface area contributed by atoms with Gasteiger partial charge in [-0.1, -0.05) is 18.2 Å². The lowest BCUT2D eigenvalue weighted by atomic mass is 10.1. The van der Waals surface area contributed by atoms with E-state index >= 15 is 0 Å². The molecule has 1 unspecified atom stereocenters. The van der Waals surface area contributed by atoms with E-state index in [-0.39, 0.29) is 11.9 Å². The molecule has 1 N–H and O–H groups in total. The zero-order valence-electron chi connectivity index (χ0n) is 14.0. The van der Waals surface area contributed by atoms with E-state index in [2.05, 4.69) is 9.82 Å². The van der Waals surface area contributed by atoms with E-state index < -0.39 is 10.0 Å². The number of anilines is 1. The summed E-state index contributed by atoms with van der Waals surface area (Å²) < 4.78 is 35.0. The molecule has 1 aliphatic heterocycles. The van der Waals surface area contributed by atoms with Gasteiger partial charge >= 0.3 is 0 Å². The maximum Gasteiger partial charge on any atom is 0.235 e. The molecule has 0 radical (unpaired) electrons. The lowest BCUT2D eigenvalue weighted by Gasteiger charge is -2.22. The summed E-state index contributed by atoms with van der Waals surface area (Å²) in [6, 6.07) is 9.66. The van der Waals surface area contributed by atoms with Crippen LogP contribution in [0.3, 0.4) is 0 Å². The van der Waals surface area contributed by atoms with Crippen molar-refractivity contribution in [3.8, 4) is 5.69 Å². The molecule has 1 aromatic carbocycles. The molecule has 1 aliphatic rings. The number of para-hydroxylation sites is 1. The predicted octanol–water partition coefficient (Wildman–Crippen LogP) is 2.80. The molecule has 6 nitrogen and oxygen atoms in total. The number of hydrogen-bond donors (Lipinski definition) is 1. The van der Waals surface area contributed by atoms with Gasteiger partial charge in [-0.2, -0.15) is 5.10 Å². The molecule has 1 aromatic heterocycles. The number of hydrogen-bond acceptors (Lipinski definition) is 4. The Morgan fingerprint density at radius 3 is 2.67 bits per heavy atom. The van der Waals surface area contributed by atoms with Gasteiger partial charge in [-0.15, -0.1) is 0 Å². The molecule has 0 spiro atoms. The fourth-order valence-corrected chi connectivity index (χ4v) is 4.43. The average molecular weight is 349 g/mol. The Hall–Kier alpha value is -1.86. The molecule has 7 heteroatoms. The quantitative estimate of drug-likeness (QED) is 0.901. The highest BCUT2D eigenvalue weighted by atomic mass is 32.2. The van der Waals surface area contributed by atoms with E-state index in [4.69, 9.17) is 4.74 Å². The Balaban J connectivity index is 1.81. The number of nitrogens with zero attached hydrogens (tertiary/aromatic N) is 2. The van der Waals surface area contributed by atoms with Crippen LogP contribution in [0.2, 0.25) is 0 Å². The number of benzene rings is 1. The lowest BCUT2D eigenvalue weighted by Crippen LogP contribution is -2.31. The Labute approximate surface area is 142 Å². The standard InChI is InChI=1S/C17H23N3O3S/c1-13-17(14(2)20(18-13)15-8-4-3-5-9-15)19-24(21,22)12-16-10-6-7-11-23-16/h3-5,8-9,16,19H,6-7,10-12H2,1-2H3. The van der Waals surface area contributed by atoms with E-state index in [1.807, 2.05) is 37.3 Å². The van der Waals surface area contributed by atoms with Gasteiger partial charge in [-0.3, -0.25) is 4.72 Å². The van der Waals surface area contributed by atoms with Crippen LogP contribution in [-0.4, -0.2) is 36.7 Å². The maximum atomic E-state index is 12.5. The minimum Gasteiger partial charge on any atom is -0.377 e.